The Balaban J connectivity index is 2.99. The summed E-state index contributed by atoms with van der Waals surface area (Å²) in [6.07, 6.45) is -0.653. The predicted molar refractivity (Wildman–Crippen MR) is 115 cm³/mol. The number of amides is 1. The standard InChI is InChI=1S/C20H35NO5SSi/c1-19(2,3)26-18(22)21-16(14-25-28(7,8)20(4,5)6)15-27(23,24)17-12-10-9-11-13-17/h9-13,16H,14-15H2,1-8H3,(H,21,22)/t16-/m0/s1. The fraction of sp³-hybridized carbons (Fsp3) is 0.650. The quantitative estimate of drug-likeness (QED) is 0.651. The Morgan fingerprint density at radius 2 is 1.61 bits per heavy atom. The first-order valence-electron chi connectivity index (χ1n) is 9.45. The summed E-state index contributed by atoms with van der Waals surface area (Å²) in [5, 5.41) is 2.65. The lowest BCUT2D eigenvalue weighted by atomic mass is 10.2. The van der Waals surface area contributed by atoms with Gasteiger partial charge in [-0.25, -0.2) is 13.2 Å². The summed E-state index contributed by atoms with van der Waals surface area (Å²) < 4.78 is 37.1. The van der Waals surface area contributed by atoms with Gasteiger partial charge in [0.05, 0.1) is 23.3 Å². The monoisotopic (exact) mass is 429 g/mol. The van der Waals surface area contributed by atoms with E-state index in [-0.39, 0.29) is 22.3 Å². The number of alkyl carbamates (subject to hydrolysis) is 1. The molecule has 160 valence electrons. The Hall–Kier alpha value is -1.38. The summed E-state index contributed by atoms with van der Waals surface area (Å²) in [7, 11) is -5.69. The predicted octanol–water partition coefficient (Wildman–Crippen LogP) is 4.38. The first-order valence-corrected chi connectivity index (χ1v) is 14.0. The molecule has 28 heavy (non-hydrogen) atoms. The summed E-state index contributed by atoms with van der Waals surface area (Å²) in [6.45, 7) is 15.9. The number of nitrogens with one attached hydrogen (secondary N) is 1. The van der Waals surface area contributed by atoms with Crippen molar-refractivity contribution in [2.75, 3.05) is 12.4 Å². The molecule has 0 saturated carbocycles. The van der Waals surface area contributed by atoms with Crippen molar-refractivity contribution in [2.45, 2.75) is 76.2 Å². The molecule has 0 saturated heterocycles. The van der Waals surface area contributed by atoms with Crippen LogP contribution < -0.4 is 5.32 Å². The smallest absolute Gasteiger partial charge is 0.407 e. The molecule has 1 aromatic carbocycles. The molecule has 0 spiro atoms. The molecule has 0 heterocycles. The Kier molecular flexibility index (Phi) is 7.89. The topological polar surface area (TPSA) is 81.7 Å². The lowest BCUT2D eigenvalue weighted by Crippen LogP contribution is -2.49. The summed E-state index contributed by atoms with van der Waals surface area (Å²) in [5.41, 5.74) is -0.673. The zero-order valence-electron chi connectivity index (χ0n) is 18.3. The summed E-state index contributed by atoms with van der Waals surface area (Å²) >= 11 is 0. The third-order valence-corrected chi connectivity index (χ3v) is 11.0. The molecule has 0 aromatic heterocycles. The Morgan fingerprint density at radius 1 is 1.07 bits per heavy atom. The van der Waals surface area contributed by atoms with Gasteiger partial charge in [0.25, 0.3) is 0 Å². The van der Waals surface area contributed by atoms with E-state index in [2.05, 4.69) is 39.2 Å². The highest BCUT2D eigenvalue weighted by Gasteiger charge is 2.38. The molecule has 0 unspecified atom stereocenters. The van der Waals surface area contributed by atoms with E-state index in [0.29, 0.717) is 0 Å². The highest BCUT2D eigenvalue weighted by Crippen LogP contribution is 2.36. The number of hydrogen-bond donors (Lipinski definition) is 1. The number of rotatable bonds is 7. The van der Waals surface area contributed by atoms with Gasteiger partial charge in [0.1, 0.15) is 5.60 Å². The van der Waals surface area contributed by atoms with Crippen molar-refractivity contribution in [3.8, 4) is 0 Å². The van der Waals surface area contributed by atoms with Crippen LogP contribution in [0.15, 0.2) is 35.2 Å². The van der Waals surface area contributed by atoms with Crippen molar-refractivity contribution in [3.05, 3.63) is 30.3 Å². The van der Waals surface area contributed by atoms with Crippen LogP contribution >= 0.6 is 0 Å². The van der Waals surface area contributed by atoms with Crippen LogP contribution in [0.5, 0.6) is 0 Å². The maximum atomic E-state index is 12.8. The van der Waals surface area contributed by atoms with Gasteiger partial charge < -0.3 is 14.5 Å². The third-order valence-electron chi connectivity index (χ3n) is 4.70. The second kappa shape index (κ2) is 8.96. The maximum absolute atomic E-state index is 12.8. The Morgan fingerprint density at radius 3 is 2.07 bits per heavy atom. The van der Waals surface area contributed by atoms with Crippen molar-refractivity contribution in [3.63, 3.8) is 0 Å². The van der Waals surface area contributed by atoms with E-state index in [1.807, 2.05) is 0 Å². The lowest BCUT2D eigenvalue weighted by molar-refractivity contribution is 0.0492. The second-order valence-electron chi connectivity index (χ2n) is 9.51. The zero-order chi connectivity index (χ0) is 21.8. The largest absolute Gasteiger partial charge is 0.444 e. The molecule has 0 aliphatic carbocycles. The Labute approximate surface area is 171 Å². The van der Waals surface area contributed by atoms with Gasteiger partial charge in [-0.3, -0.25) is 0 Å². The van der Waals surface area contributed by atoms with Gasteiger partial charge in [-0.15, -0.1) is 0 Å². The number of benzene rings is 1. The molecule has 0 aliphatic heterocycles. The molecule has 1 atom stereocenters. The fourth-order valence-electron chi connectivity index (χ4n) is 2.12. The minimum atomic E-state index is -3.59. The van der Waals surface area contributed by atoms with Crippen molar-refractivity contribution in [1.29, 1.82) is 0 Å². The number of ether oxygens (including phenoxy) is 1. The van der Waals surface area contributed by atoms with Crippen molar-refractivity contribution < 1.29 is 22.4 Å². The average molecular weight is 430 g/mol. The van der Waals surface area contributed by atoms with Crippen LogP contribution in [0.1, 0.15) is 41.5 Å². The second-order valence-corrected chi connectivity index (χ2v) is 16.4. The van der Waals surface area contributed by atoms with Gasteiger partial charge in [-0.05, 0) is 51.0 Å². The first kappa shape index (κ1) is 24.7. The van der Waals surface area contributed by atoms with Gasteiger partial charge >= 0.3 is 6.09 Å². The third kappa shape index (κ3) is 7.93. The molecule has 8 heteroatoms. The van der Waals surface area contributed by atoms with E-state index in [1.54, 1.807) is 51.1 Å². The highest BCUT2D eigenvalue weighted by atomic mass is 32.2. The number of sulfone groups is 1. The van der Waals surface area contributed by atoms with Crippen LogP contribution in [-0.2, 0) is 19.0 Å². The van der Waals surface area contributed by atoms with Crippen molar-refractivity contribution in [2.24, 2.45) is 0 Å². The summed E-state index contributed by atoms with van der Waals surface area (Å²) in [4.78, 5) is 12.5. The van der Waals surface area contributed by atoms with Crippen LogP contribution in [-0.4, -0.2) is 46.8 Å². The molecule has 0 fully saturated rings. The minimum absolute atomic E-state index is 0.0260. The van der Waals surface area contributed by atoms with E-state index in [4.69, 9.17) is 9.16 Å². The molecule has 0 aliphatic rings. The van der Waals surface area contributed by atoms with E-state index in [9.17, 15) is 13.2 Å². The van der Waals surface area contributed by atoms with Gasteiger partial charge in [0.2, 0.25) is 0 Å². The molecule has 1 N–H and O–H groups in total. The van der Waals surface area contributed by atoms with Crippen LogP contribution in [0.25, 0.3) is 0 Å². The molecule has 1 amide bonds. The normalized spacial score (nSPS) is 14.4. The SMILES string of the molecule is CC(C)(C)OC(=O)N[C@@H](CO[Si](C)(C)C(C)(C)C)CS(=O)(=O)c1ccccc1. The molecule has 0 bridgehead atoms. The maximum Gasteiger partial charge on any atom is 0.407 e. The zero-order valence-corrected chi connectivity index (χ0v) is 20.1. The van der Waals surface area contributed by atoms with Gasteiger partial charge in [-0.2, -0.15) is 0 Å². The average Bonchev–Trinajstić information content (AvgIpc) is 2.50. The molecular weight excluding hydrogens is 394 g/mol. The summed E-state index contributed by atoms with van der Waals surface area (Å²) in [5.74, 6) is -0.259. The van der Waals surface area contributed by atoms with Crippen LogP contribution in [0.2, 0.25) is 18.1 Å². The highest BCUT2D eigenvalue weighted by molar-refractivity contribution is 7.91. The summed E-state index contributed by atoms with van der Waals surface area (Å²) in [6, 6.07) is 7.50. The Bertz CT molecular complexity index is 749. The molecule has 1 aromatic rings. The van der Waals surface area contributed by atoms with Gasteiger partial charge in [-0.1, -0.05) is 39.0 Å². The van der Waals surface area contributed by atoms with Crippen molar-refractivity contribution >= 4 is 24.2 Å². The fourth-order valence-corrected chi connectivity index (χ4v) is 4.64. The minimum Gasteiger partial charge on any atom is -0.444 e. The van der Waals surface area contributed by atoms with Crippen LogP contribution in [0.4, 0.5) is 4.79 Å². The van der Waals surface area contributed by atoms with E-state index < -0.39 is 35.9 Å². The molecule has 0 radical (unpaired) electrons. The van der Waals surface area contributed by atoms with E-state index in [0.717, 1.165) is 0 Å². The number of carbonyl (C=O) groups is 1. The van der Waals surface area contributed by atoms with Gasteiger partial charge in [0.15, 0.2) is 18.2 Å². The van der Waals surface area contributed by atoms with Crippen LogP contribution in [0.3, 0.4) is 0 Å². The molecular formula is C20H35NO5SSi. The van der Waals surface area contributed by atoms with Gasteiger partial charge in [0, 0.05) is 0 Å². The number of hydrogen-bond acceptors (Lipinski definition) is 5. The lowest BCUT2D eigenvalue weighted by Gasteiger charge is -2.37. The van der Waals surface area contributed by atoms with Crippen LogP contribution in [0, 0.1) is 0 Å². The van der Waals surface area contributed by atoms with Crippen molar-refractivity contribution in [1.82, 2.24) is 5.32 Å². The van der Waals surface area contributed by atoms with E-state index in [1.165, 1.54) is 0 Å². The van der Waals surface area contributed by atoms with E-state index >= 15 is 0 Å². The molecule has 1 rings (SSSR count). The number of carbonyl (C=O) groups excluding carboxylic acids is 1. The molecule has 6 nitrogen and oxygen atoms in total. The first-order chi connectivity index (χ1) is 12.5.